The molecule has 124 valence electrons. The molecule has 0 aliphatic carbocycles. The topological polar surface area (TPSA) is 89.8 Å². The molecule has 1 aliphatic rings. The summed E-state index contributed by atoms with van der Waals surface area (Å²) in [5.74, 6) is 0.576. The minimum atomic E-state index is -3.52. The molecule has 0 radical (unpaired) electrons. The Hall–Kier alpha value is -2.32. The molecule has 0 saturated carbocycles. The van der Waals surface area contributed by atoms with Gasteiger partial charge in [-0.15, -0.1) is 0 Å². The molecule has 1 unspecified atom stereocenters. The highest BCUT2D eigenvalue weighted by molar-refractivity contribution is 7.88. The third-order valence-electron chi connectivity index (χ3n) is 4.20. The second-order valence-electron chi connectivity index (χ2n) is 5.91. The Kier molecular flexibility index (Phi) is 3.78. The third-order valence-corrected chi connectivity index (χ3v) is 5.54. The molecule has 2 aromatic heterocycles. The molecule has 0 saturated heterocycles. The van der Waals surface area contributed by atoms with E-state index in [-0.39, 0.29) is 11.8 Å². The highest BCUT2D eigenvalue weighted by Gasteiger charge is 2.27. The maximum Gasteiger partial charge on any atom is 0.216 e. The van der Waals surface area contributed by atoms with E-state index in [9.17, 15) is 8.42 Å². The number of nitrogens with zero attached hydrogens (tertiary/aromatic N) is 4. The van der Waals surface area contributed by atoms with Crippen LogP contribution in [0.5, 0.6) is 0 Å². The summed E-state index contributed by atoms with van der Waals surface area (Å²) >= 11 is 0. The first kappa shape index (κ1) is 15.2. The van der Waals surface area contributed by atoms with Gasteiger partial charge in [-0.25, -0.2) is 22.8 Å². The quantitative estimate of drug-likeness (QED) is 0.780. The lowest BCUT2D eigenvalue weighted by atomic mass is 10.1. The number of pyridine rings is 1. The van der Waals surface area contributed by atoms with Gasteiger partial charge >= 0.3 is 0 Å². The molecular weight excluding hydrogens is 326 g/mol. The Morgan fingerprint density at radius 1 is 1.21 bits per heavy atom. The van der Waals surface area contributed by atoms with Gasteiger partial charge in [-0.2, -0.15) is 5.10 Å². The molecule has 0 spiro atoms. The maximum absolute atomic E-state index is 12.6. The normalized spacial score (nSPS) is 17.8. The molecule has 0 amide bonds. The van der Waals surface area contributed by atoms with Crippen molar-refractivity contribution >= 4 is 20.9 Å². The maximum atomic E-state index is 12.6. The zero-order valence-corrected chi connectivity index (χ0v) is 13.8. The molecule has 3 heterocycles. The lowest BCUT2D eigenvalue weighted by molar-refractivity contribution is 0.400. The van der Waals surface area contributed by atoms with Crippen molar-refractivity contribution < 1.29 is 8.42 Å². The Balaban J connectivity index is 1.60. The van der Waals surface area contributed by atoms with Gasteiger partial charge in [-0.3, -0.25) is 4.98 Å². The first-order valence-electron chi connectivity index (χ1n) is 7.83. The highest BCUT2D eigenvalue weighted by Crippen LogP contribution is 2.24. The van der Waals surface area contributed by atoms with Crippen molar-refractivity contribution in [2.24, 2.45) is 0 Å². The van der Waals surface area contributed by atoms with Gasteiger partial charge < -0.3 is 0 Å². The molecule has 1 atom stereocenters. The van der Waals surface area contributed by atoms with Gasteiger partial charge in [-0.1, -0.05) is 24.3 Å². The van der Waals surface area contributed by atoms with Crippen molar-refractivity contribution in [3.8, 4) is 0 Å². The number of aromatic nitrogens is 4. The summed E-state index contributed by atoms with van der Waals surface area (Å²) in [6.45, 7) is 0.779. The summed E-state index contributed by atoms with van der Waals surface area (Å²) in [6, 6.07) is 9.03. The Labute approximate surface area is 139 Å². The van der Waals surface area contributed by atoms with Crippen molar-refractivity contribution in [1.82, 2.24) is 24.5 Å². The van der Waals surface area contributed by atoms with Gasteiger partial charge in [0.2, 0.25) is 10.0 Å². The van der Waals surface area contributed by atoms with E-state index in [4.69, 9.17) is 0 Å². The lowest BCUT2D eigenvalue weighted by Gasteiger charge is -2.23. The van der Waals surface area contributed by atoms with Crippen LogP contribution in [-0.2, 0) is 22.3 Å². The van der Waals surface area contributed by atoms with Crippen LogP contribution < -0.4 is 4.72 Å². The van der Waals surface area contributed by atoms with Crippen molar-refractivity contribution in [2.45, 2.75) is 31.2 Å². The van der Waals surface area contributed by atoms with Crippen LogP contribution in [0, 0.1) is 0 Å². The summed E-state index contributed by atoms with van der Waals surface area (Å²) in [5, 5.41) is 5.06. The largest absolute Gasteiger partial charge is 0.256 e. The van der Waals surface area contributed by atoms with E-state index in [1.165, 1.54) is 6.33 Å². The fraction of sp³-hybridized carbons (Fsp3) is 0.312. The number of hydrogen-bond donors (Lipinski definition) is 1. The summed E-state index contributed by atoms with van der Waals surface area (Å²) in [4.78, 5) is 8.51. The van der Waals surface area contributed by atoms with E-state index in [1.807, 2.05) is 24.3 Å². The van der Waals surface area contributed by atoms with Crippen LogP contribution >= 0.6 is 0 Å². The highest BCUT2D eigenvalue weighted by atomic mass is 32.2. The molecule has 0 bridgehead atoms. The van der Waals surface area contributed by atoms with Gasteiger partial charge in [0.1, 0.15) is 12.2 Å². The lowest BCUT2D eigenvalue weighted by Crippen LogP contribution is -2.34. The van der Waals surface area contributed by atoms with E-state index in [2.05, 4.69) is 19.8 Å². The minimum absolute atomic E-state index is 0.105. The molecule has 8 heteroatoms. The number of hydrogen-bond acceptors (Lipinski definition) is 5. The van der Waals surface area contributed by atoms with Crippen LogP contribution in [0.15, 0.2) is 42.9 Å². The third kappa shape index (κ3) is 2.90. The van der Waals surface area contributed by atoms with E-state index in [1.54, 1.807) is 16.9 Å². The Morgan fingerprint density at radius 3 is 3.00 bits per heavy atom. The monoisotopic (exact) mass is 343 g/mol. The van der Waals surface area contributed by atoms with Crippen molar-refractivity contribution in [3.05, 3.63) is 54.2 Å². The first-order valence-corrected chi connectivity index (χ1v) is 9.48. The fourth-order valence-electron chi connectivity index (χ4n) is 3.15. The predicted octanol–water partition coefficient (Wildman–Crippen LogP) is 1.78. The smallest absolute Gasteiger partial charge is 0.216 e. The van der Waals surface area contributed by atoms with E-state index >= 15 is 0 Å². The van der Waals surface area contributed by atoms with Crippen molar-refractivity contribution in [3.63, 3.8) is 0 Å². The number of benzene rings is 1. The average molecular weight is 343 g/mol. The zero-order valence-electron chi connectivity index (χ0n) is 13.0. The molecule has 4 rings (SSSR count). The second kappa shape index (κ2) is 5.95. The van der Waals surface area contributed by atoms with Crippen LogP contribution in [0.3, 0.4) is 0 Å². The Morgan fingerprint density at radius 2 is 2.08 bits per heavy atom. The molecule has 24 heavy (non-hydrogen) atoms. The zero-order chi connectivity index (χ0) is 16.6. The molecule has 3 aromatic rings. The van der Waals surface area contributed by atoms with Gasteiger partial charge in [0, 0.05) is 18.1 Å². The number of para-hydroxylation sites is 1. The second-order valence-corrected chi connectivity index (χ2v) is 7.66. The number of nitrogens with one attached hydrogen (secondary N) is 1. The number of rotatable bonds is 4. The summed E-state index contributed by atoms with van der Waals surface area (Å²) in [6.07, 6.45) is 4.75. The van der Waals surface area contributed by atoms with Gasteiger partial charge in [0.15, 0.2) is 0 Å². The molecule has 7 nitrogen and oxygen atoms in total. The SMILES string of the molecule is O=S(=O)(Cc1cccc2cccnc12)NC1CCCn2ncnc21. The minimum Gasteiger partial charge on any atom is -0.256 e. The predicted molar refractivity (Wildman–Crippen MR) is 89.5 cm³/mol. The molecular formula is C16H17N5O2S. The van der Waals surface area contributed by atoms with E-state index in [0.29, 0.717) is 11.4 Å². The average Bonchev–Trinajstić information content (AvgIpc) is 3.04. The van der Waals surface area contributed by atoms with Crippen LogP contribution in [-0.4, -0.2) is 28.2 Å². The Bertz CT molecular complexity index is 978. The van der Waals surface area contributed by atoms with E-state index < -0.39 is 10.0 Å². The number of fused-ring (bicyclic) bond motifs is 2. The van der Waals surface area contributed by atoms with Crippen LogP contribution in [0.1, 0.15) is 30.3 Å². The van der Waals surface area contributed by atoms with Crippen LogP contribution in [0.2, 0.25) is 0 Å². The summed E-state index contributed by atoms with van der Waals surface area (Å²) < 4.78 is 29.8. The van der Waals surface area contributed by atoms with E-state index in [0.717, 1.165) is 30.3 Å². The van der Waals surface area contributed by atoms with Crippen LogP contribution in [0.4, 0.5) is 0 Å². The molecule has 0 fully saturated rings. The summed E-state index contributed by atoms with van der Waals surface area (Å²) in [5.41, 5.74) is 1.41. The molecule has 1 N–H and O–H groups in total. The summed E-state index contributed by atoms with van der Waals surface area (Å²) in [7, 11) is -3.52. The van der Waals surface area contributed by atoms with Gasteiger partial charge in [0.25, 0.3) is 0 Å². The van der Waals surface area contributed by atoms with Crippen molar-refractivity contribution in [2.75, 3.05) is 0 Å². The standard InChI is InChI=1S/C16H17N5O2S/c22-24(23,20-14-7-3-9-21-16(14)18-11-19-21)10-13-5-1-4-12-6-2-8-17-15(12)13/h1-2,4-6,8,11,14,20H,3,7,9-10H2. The molecule has 1 aromatic carbocycles. The van der Waals surface area contributed by atoms with Crippen LogP contribution in [0.25, 0.3) is 10.9 Å². The van der Waals surface area contributed by atoms with Crippen molar-refractivity contribution in [1.29, 1.82) is 0 Å². The number of aryl methyl sites for hydroxylation is 1. The fourth-order valence-corrected chi connectivity index (χ4v) is 4.53. The molecule has 1 aliphatic heterocycles. The first-order chi connectivity index (χ1) is 11.6. The van der Waals surface area contributed by atoms with Gasteiger partial charge in [0.05, 0.1) is 17.3 Å². The number of sulfonamides is 1. The van der Waals surface area contributed by atoms with Gasteiger partial charge in [-0.05, 0) is 24.5 Å².